The Morgan fingerprint density at radius 3 is 2.53 bits per heavy atom. The summed E-state index contributed by atoms with van der Waals surface area (Å²) in [6.07, 6.45) is -1.36. The van der Waals surface area contributed by atoms with Crippen LogP contribution in [0.4, 0.5) is 13.2 Å². The van der Waals surface area contributed by atoms with Gasteiger partial charge in [0, 0.05) is 31.2 Å². The minimum atomic E-state index is -1.15. The van der Waals surface area contributed by atoms with Crippen LogP contribution in [0.3, 0.4) is 0 Å². The summed E-state index contributed by atoms with van der Waals surface area (Å²) in [5, 5.41) is 18.4. The first kappa shape index (κ1) is 27.8. The number of ether oxygens (including phenoxy) is 3. The van der Waals surface area contributed by atoms with E-state index in [9.17, 15) is 14.3 Å². The van der Waals surface area contributed by atoms with E-state index >= 15 is 8.78 Å². The molecule has 1 aliphatic rings. The molecule has 5 aromatic rings. The lowest BCUT2D eigenvalue weighted by atomic mass is 10.00. The zero-order chi connectivity index (χ0) is 30.2. The first-order valence-corrected chi connectivity index (χ1v) is 13.1. The Kier molecular flexibility index (Phi) is 7.21. The van der Waals surface area contributed by atoms with Gasteiger partial charge in [-0.1, -0.05) is 12.1 Å². The Bertz CT molecular complexity index is 1930. The van der Waals surface area contributed by atoms with Gasteiger partial charge < -0.3 is 23.9 Å². The normalized spacial score (nSPS) is 13.8. The molecule has 4 aromatic carbocycles. The number of aromatic nitrogens is 2. The second-order valence-electron chi connectivity index (χ2n) is 9.82. The molecule has 0 fully saturated rings. The highest BCUT2D eigenvalue weighted by Crippen LogP contribution is 2.47. The molecule has 0 saturated carbocycles. The predicted molar refractivity (Wildman–Crippen MR) is 148 cm³/mol. The number of hydrogen-bond acceptors (Lipinski definition) is 6. The van der Waals surface area contributed by atoms with Gasteiger partial charge in [0.15, 0.2) is 11.5 Å². The van der Waals surface area contributed by atoms with Crippen molar-refractivity contribution in [1.82, 2.24) is 9.55 Å². The van der Waals surface area contributed by atoms with Crippen molar-refractivity contribution in [2.45, 2.75) is 19.3 Å². The average molecular weight is 586 g/mol. The maximum absolute atomic E-state index is 15.6. The van der Waals surface area contributed by atoms with E-state index in [-0.39, 0.29) is 52.3 Å². The van der Waals surface area contributed by atoms with Crippen LogP contribution in [-0.2, 0) is 17.7 Å². The van der Waals surface area contributed by atoms with Crippen molar-refractivity contribution in [2.24, 2.45) is 0 Å². The van der Waals surface area contributed by atoms with Crippen LogP contribution < -0.4 is 9.47 Å². The first-order chi connectivity index (χ1) is 20.8. The summed E-state index contributed by atoms with van der Waals surface area (Å²) in [4.78, 5) is 16.0. The summed E-state index contributed by atoms with van der Waals surface area (Å²) in [7, 11) is 1.51. The maximum atomic E-state index is 15.6. The fourth-order valence-electron chi connectivity index (χ4n) is 5.08. The molecule has 1 aliphatic heterocycles. The molecule has 216 valence electrons. The lowest BCUT2D eigenvalue weighted by Gasteiger charge is -2.13. The van der Waals surface area contributed by atoms with Crippen LogP contribution in [0.1, 0.15) is 39.2 Å². The number of halogens is 3. The van der Waals surface area contributed by atoms with E-state index in [2.05, 4.69) is 4.98 Å². The molecule has 0 radical (unpaired) electrons. The summed E-state index contributed by atoms with van der Waals surface area (Å²) < 4.78 is 64.3. The van der Waals surface area contributed by atoms with E-state index in [0.717, 1.165) is 6.07 Å². The number of carbonyl (C=O) groups is 1. The first-order valence-electron chi connectivity index (χ1n) is 13.1. The van der Waals surface area contributed by atoms with Crippen LogP contribution in [0.15, 0.2) is 66.7 Å². The number of carboxylic acid groups (broad SMARTS) is 1. The molecule has 0 spiro atoms. The van der Waals surface area contributed by atoms with Gasteiger partial charge >= 0.3 is 5.97 Å². The van der Waals surface area contributed by atoms with Crippen LogP contribution in [0, 0.1) is 28.8 Å². The number of methoxy groups -OCH3 is 1. The van der Waals surface area contributed by atoms with Crippen LogP contribution in [-0.4, -0.2) is 34.3 Å². The van der Waals surface area contributed by atoms with Gasteiger partial charge in [0.1, 0.15) is 23.3 Å². The zero-order valence-corrected chi connectivity index (χ0v) is 22.6. The van der Waals surface area contributed by atoms with E-state index in [1.807, 2.05) is 6.07 Å². The highest BCUT2D eigenvalue weighted by Gasteiger charge is 2.31. The van der Waals surface area contributed by atoms with Crippen molar-refractivity contribution in [3.8, 4) is 28.7 Å². The Labute approximate surface area is 243 Å². The van der Waals surface area contributed by atoms with Crippen molar-refractivity contribution in [2.75, 3.05) is 13.7 Å². The number of nitrogens with zero attached hydrogens (tertiary/aromatic N) is 3. The third kappa shape index (κ3) is 5.13. The largest absolute Gasteiger partial charge is 0.478 e. The monoisotopic (exact) mass is 585 g/mol. The lowest BCUT2D eigenvalue weighted by Crippen LogP contribution is -2.11. The number of aromatic carboxylic acids is 1. The van der Waals surface area contributed by atoms with Crippen LogP contribution >= 0.6 is 0 Å². The fourth-order valence-corrected chi connectivity index (χ4v) is 5.08. The van der Waals surface area contributed by atoms with E-state index in [1.54, 1.807) is 28.8 Å². The summed E-state index contributed by atoms with van der Waals surface area (Å²) in [5.74, 6) is -2.64. The molecule has 43 heavy (non-hydrogen) atoms. The van der Waals surface area contributed by atoms with Gasteiger partial charge in [-0.2, -0.15) is 5.26 Å². The SMILES string of the molecule is COCCn1c(Cc2c(F)cc(-c3cccc4c3O[C@H](c3ccc(C#N)cc3F)O4)cc2F)nc2ccc(C(=O)O)cc21. The van der Waals surface area contributed by atoms with Gasteiger partial charge in [-0.15, -0.1) is 0 Å². The lowest BCUT2D eigenvalue weighted by molar-refractivity contribution is 0.0457. The Morgan fingerprint density at radius 2 is 1.84 bits per heavy atom. The van der Waals surface area contributed by atoms with Crippen LogP contribution in [0.2, 0.25) is 0 Å². The van der Waals surface area contributed by atoms with Crippen LogP contribution in [0.5, 0.6) is 11.5 Å². The molecule has 2 heterocycles. The number of hydrogen-bond donors (Lipinski definition) is 1. The van der Waals surface area contributed by atoms with E-state index in [4.69, 9.17) is 19.5 Å². The minimum Gasteiger partial charge on any atom is -0.478 e. The maximum Gasteiger partial charge on any atom is 0.335 e. The van der Waals surface area contributed by atoms with Crippen molar-refractivity contribution in [1.29, 1.82) is 5.26 Å². The highest BCUT2D eigenvalue weighted by atomic mass is 19.1. The molecule has 0 aliphatic carbocycles. The molecule has 0 saturated heterocycles. The van der Waals surface area contributed by atoms with E-state index in [1.165, 1.54) is 43.5 Å². The van der Waals surface area contributed by atoms with Gasteiger partial charge in [-0.05, 0) is 60.2 Å². The third-order valence-corrected chi connectivity index (χ3v) is 7.20. The summed E-state index contributed by atoms with van der Waals surface area (Å²) in [5.41, 5.74) is 1.56. The third-order valence-electron chi connectivity index (χ3n) is 7.20. The molecular formula is C32H22F3N3O5. The fraction of sp³-hybridized carbons (Fsp3) is 0.156. The van der Waals surface area contributed by atoms with E-state index in [0.29, 0.717) is 29.0 Å². The van der Waals surface area contributed by atoms with Gasteiger partial charge in [0.2, 0.25) is 0 Å². The number of rotatable bonds is 8. The van der Waals surface area contributed by atoms with Gasteiger partial charge in [-0.25, -0.2) is 22.9 Å². The second kappa shape index (κ2) is 11.2. The predicted octanol–water partition coefficient (Wildman–Crippen LogP) is 6.40. The minimum absolute atomic E-state index is 0.0603. The molecule has 0 amide bonds. The smallest absolute Gasteiger partial charge is 0.335 e. The average Bonchev–Trinajstić information content (AvgIpc) is 3.58. The summed E-state index contributed by atoms with van der Waals surface area (Å²) in [6.45, 7) is 0.565. The topological polar surface area (TPSA) is 107 Å². The Balaban J connectivity index is 1.33. The number of imidazole rings is 1. The van der Waals surface area contributed by atoms with Crippen LogP contribution in [0.25, 0.3) is 22.2 Å². The molecular weight excluding hydrogens is 563 g/mol. The van der Waals surface area contributed by atoms with Gasteiger partial charge in [0.05, 0.1) is 40.4 Å². The van der Waals surface area contributed by atoms with Gasteiger partial charge in [-0.3, -0.25) is 0 Å². The molecule has 1 aromatic heterocycles. The molecule has 6 rings (SSSR count). The molecule has 8 nitrogen and oxygen atoms in total. The van der Waals surface area contributed by atoms with Crippen molar-refractivity contribution in [3.63, 3.8) is 0 Å². The van der Waals surface area contributed by atoms with Crippen molar-refractivity contribution in [3.05, 3.63) is 112 Å². The Morgan fingerprint density at radius 1 is 1.05 bits per heavy atom. The number of fused-ring (bicyclic) bond motifs is 2. The summed E-state index contributed by atoms with van der Waals surface area (Å²) >= 11 is 0. The number of carboxylic acids is 1. The molecule has 11 heteroatoms. The van der Waals surface area contributed by atoms with Gasteiger partial charge in [0.25, 0.3) is 6.29 Å². The highest BCUT2D eigenvalue weighted by molar-refractivity contribution is 5.92. The molecule has 0 bridgehead atoms. The number of nitriles is 1. The number of para-hydroxylation sites is 1. The standard InChI is InChI=1S/C32H22F3N3O5/c1-41-10-9-38-27-14-18(31(39)40)6-8-26(27)37-29(38)15-22-24(34)12-19(13-25(22)35)20-3-2-4-28-30(20)43-32(42-28)21-7-5-17(16-36)11-23(21)33/h2-8,11-14,32H,9-10,15H2,1H3,(H,39,40)/t32-/m1/s1. The molecule has 1 N–H and O–H groups in total. The summed E-state index contributed by atoms with van der Waals surface area (Å²) in [6, 6.07) is 17.4. The quantitative estimate of drug-likeness (QED) is 0.225. The Hall–Kier alpha value is -5.34. The zero-order valence-electron chi connectivity index (χ0n) is 22.6. The second-order valence-corrected chi connectivity index (χ2v) is 9.82. The molecule has 0 unspecified atom stereocenters. The number of benzene rings is 4. The van der Waals surface area contributed by atoms with Crippen molar-refractivity contribution < 1.29 is 37.3 Å². The van der Waals surface area contributed by atoms with Crippen molar-refractivity contribution >= 4 is 17.0 Å². The molecule has 1 atom stereocenters. The van der Waals surface area contributed by atoms with E-state index < -0.39 is 29.7 Å².